The van der Waals surface area contributed by atoms with Crippen LogP contribution in [0.4, 0.5) is 8.78 Å². The van der Waals surface area contributed by atoms with Crippen LogP contribution in [-0.2, 0) is 4.74 Å². The molecule has 1 aromatic carbocycles. The Bertz CT molecular complexity index is 640. The van der Waals surface area contributed by atoms with Gasteiger partial charge in [0.05, 0.1) is 18.8 Å². The van der Waals surface area contributed by atoms with Crippen LogP contribution >= 0.6 is 0 Å². The van der Waals surface area contributed by atoms with Crippen molar-refractivity contribution in [2.45, 2.75) is 31.9 Å². The van der Waals surface area contributed by atoms with Gasteiger partial charge in [-0.3, -0.25) is 9.69 Å². The largest absolute Gasteiger partial charge is 0.434 e. The average molecular weight is 398 g/mol. The maximum atomic E-state index is 13.0. The molecule has 6 nitrogen and oxygen atoms in total. The molecule has 0 spiro atoms. The highest BCUT2D eigenvalue weighted by Gasteiger charge is 2.36. The van der Waals surface area contributed by atoms with Crippen molar-refractivity contribution in [3.05, 3.63) is 29.8 Å². The molecule has 0 bridgehead atoms. The van der Waals surface area contributed by atoms with Crippen molar-refractivity contribution in [2.75, 3.05) is 46.0 Å². The number of nitrogens with zero attached hydrogens (tertiary/aromatic N) is 2. The smallest absolute Gasteiger partial charge is 0.387 e. The molecule has 2 fully saturated rings. The predicted octanol–water partition coefficient (Wildman–Crippen LogP) is 2.22. The van der Waals surface area contributed by atoms with Gasteiger partial charge in [-0.05, 0) is 37.3 Å². The normalized spacial score (nSPS) is 23.8. The number of amides is 1. The lowest BCUT2D eigenvalue weighted by atomic mass is 9.86. The molecule has 2 unspecified atom stereocenters. The minimum Gasteiger partial charge on any atom is -0.434 e. The van der Waals surface area contributed by atoms with E-state index in [0.29, 0.717) is 38.8 Å². The Labute approximate surface area is 164 Å². The Hall–Kier alpha value is -1.77. The van der Waals surface area contributed by atoms with Crippen molar-refractivity contribution in [1.82, 2.24) is 9.80 Å². The van der Waals surface area contributed by atoms with Gasteiger partial charge >= 0.3 is 6.61 Å². The number of benzene rings is 1. The number of hydrogen-bond donors (Lipinski definition) is 1. The van der Waals surface area contributed by atoms with E-state index in [1.807, 2.05) is 0 Å². The standard InChI is InChI=1S/C20H28F2N2O4/c21-20(22)28-18-6-2-1-5-16(18)19(26)24-8-7-17(15(14-24)4-3-11-25)23-9-12-27-13-10-23/h1-2,5-6,15,17,20,25H,3-4,7-14H2. The highest BCUT2D eigenvalue weighted by molar-refractivity contribution is 5.97. The molecule has 0 aliphatic carbocycles. The third kappa shape index (κ3) is 5.18. The lowest BCUT2D eigenvalue weighted by Gasteiger charge is -2.45. The van der Waals surface area contributed by atoms with Gasteiger partial charge in [-0.15, -0.1) is 0 Å². The number of likely N-dealkylation sites (tertiary alicyclic amines) is 1. The Morgan fingerprint density at radius 3 is 2.71 bits per heavy atom. The van der Waals surface area contributed by atoms with E-state index in [4.69, 9.17) is 4.74 Å². The number of rotatable bonds is 7. The molecule has 2 heterocycles. The van der Waals surface area contributed by atoms with E-state index in [1.54, 1.807) is 17.0 Å². The van der Waals surface area contributed by atoms with Crippen molar-refractivity contribution >= 4 is 5.91 Å². The molecule has 3 rings (SSSR count). The first kappa shape index (κ1) is 21.0. The van der Waals surface area contributed by atoms with Gasteiger partial charge in [0.1, 0.15) is 5.75 Å². The van der Waals surface area contributed by atoms with E-state index >= 15 is 0 Å². The summed E-state index contributed by atoms with van der Waals surface area (Å²) in [5, 5.41) is 9.27. The number of ether oxygens (including phenoxy) is 2. The molecule has 2 atom stereocenters. The summed E-state index contributed by atoms with van der Waals surface area (Å²) < 4.78 is 35.3. The zero-order chi connectivity index (χ0) is 19.9. The maximum Gasteiger partial charge on any atom is 0.387 e. The van der Waals surface area contributed by atoms with Crippen LogP contribution in [0.15, 0.2) is 24.3 Å². The Kier molecular flexibility index (Phi) is 7.58. The zero-order valence-corrected chi connectivity index (χ0v) is 15.9. The minimum atomic E-state index is -2.97. The third-order valence-electron chi connectivity index (χ3n) is 5.56. The van der Waals surface area contributed by atoms with Crippen LogP contribution in [0.5, 0.6) is 5.75 Å². The minimum absolute atomic E-state index is 0.0929. The van der Waals surface area contributed by atoms with Gasteiger partial charge in [-0.1, -0.05) is 12.1 Å². The summed E-state index contributed by atoms with van der Waals surface area (Å²) in [6.07, 6.45) is 2.32. The first-order chi connectivity index (χ1) is 13.6. The molecule has 2 aliphatic heterocycles. The number of aliphatic hydroxyl groups excluding tert-OH is 1. The summed E-state index contributed by atoms with van der Waals surface area (Å²) in [6.45, 7) is 1.43. The maximum absolute atomic E-state index is 13.0. The van der Waals surface area contributed by atoms with E-state index in [-0.39, 0.29) is 29.7 Å². The number of hydrogen-bond acceptors (Lipinski definition) is 5. The van der Waals surface area contributed by atoms with E-state index in [0.717, 1.165) is 25.9 Å². The van der Waals surface area contributed by atoms with Crippen LogP contribution in [0.1, 0.15) is 29.6 Å². The highest BCUT2D eigenvalue weighted by atomic mass is 19.3. The monoisotopic (exact) mass is 398 g/mol. The third-order valence-corrected chi connectivity index (χ3v) is 5.56. The topological polar surface area (TPSA) is 62.2 Å². The van der Waals surface area contributed by atoms with E-state index in [9.17, 15) is 18.7 Å². The first-order valence-electron chi connectivity index (χ1n) is 9.86. The van der Waals surface area contributed by atoms with Crippen LogP contribution < -0.4 is 4.74 Å². The molecule has 0 radical (unpaired) electrons. The van der Waals surface area contributed by atoms with Crippen LogP contribution in [0.2, 0.25) is 0 Å². The van der Waals surface area contributed by atoms with Crippen molar-refractivity contribution in [3.8, 4) is 5.75 Å². The molecule has 28 heavy (non-hydrogen) atoms. The zero-order valence-electron chi connectivity index (χ0n) is 15.9. The average Bonchev–Trinajstić information content (AvgIpc) is 2.72. The van der Waals surface area contributed by atoms with E-state index < -0.39 is 6.61 Å². The summed E-state index contributed by atoms with van der Waals surface area (Å²) in [4.78, 5) is 17.2. The van der Waals surface area contributed by atoms with Gasteiger partial charge in [0, 0.05) is 38.8 Å². The van der Waals surface area contributed by atoms with Crippen LogP contribution in [-0.4, -0.2) is 79.5 Å². The van der Waals surface area contributed by atoms with Gasteiger partial charge in [0.25, 0.3) is 5.91 Å². The summed E-state index contributed by atoms with van der Waals surface area (Å²) in [5.41, 5.74) is 0.161. The molecule has 8 heteroatoms. The number of carbonyl (C=O) groups is 1. The number of morpholine rings is 1. The summed E-state index contributed by atoms with van der Waals surface area (Å²) in [6, 6.07) is 6.48. The predicted molar refractivity (Wildman–Crippen MR) is 99.6 cm³/mol. The molecule has 0 aromatic heterocycles. The van der Waals surface area contributed by atoms with Crippen molar-refractivity contribution in [3.63, 3.8) is 0 Å². The van der Waals surface area contributed by atoms with Crippen molar-refractivity contribution in [2.24, 2.45) is 5.92 Å². The van der Waals surface area contributed by atoms with Gasteiger partial charge in [-0.2, -0.15) is 8.78 Å². The molecule has 2 aliphatic rings. The van der Waals surface area contributed by atoms with Gasteiger partial charge < -0.3 is 19.5 Å². The Morgan fingerprint density at radius 1 is 1.25 bits per heavy atom. The molecular formula is C20H28F2N2O4. The number of piperidine rings is 1. The molecule has 2 saturated heterocycles. The fraction of sp³-hybridized carbons (Fsp3) is 0.650. The summed E-state index contributed by atoms with van der Waals surface area (Å²) in [5.74, 6) is -0.151. The lowest BCUT2D eigenvalue weighted by Crippen LogP contribution is -2.55. The second-order valence-electron chi connectivity index (χ2n) is 7.26. The van der Waals surface area contributed by atoms with Crippen molar-refractivity contribution < 1.29 is 28.2 Å². The van der Waals surface area contributed by atoms with Gasteiger partial charge in [-0.25, -0.2) is 0 Å². The Balaban J connectivity index is 1.72. The molecule has 1 amide bonds. The fourth-order valence-electron chi connectivity index (χ4n) is 4.24. The summed E-state index contributed by atoms with van der Waals surface area (Å²) >= 11 is 0. The van der Waals surface area contributed by atoms with Crippen molar-refractivity contribution in [1.29, 1.82) is 0 Å². The van der Waals surface area contributed by atoms with Crippen LogP contribution in [0, 0.1) is 5.92 Å². The first-order valence-corrected chi connectivity index (χ1v) is 9.86. The number of carbonyl (C=O) groups excluding carboxylic acids is 1. The van der Waals surface area contributed by atoms with Crippen LogP contribution in [0.25, 0.3) is 0 Å². The Morgan fingerprint density at radius 2 is 2.00 bits per heavy atom. The lowest BCUT2D eigenvalue weighted by molar-refractivity contribution is -0.0504. The number of aliphatic hydroxyl groups is 1. The number of para-hydroxylation sites is 1. The molecule has 0 saturated carbocycles. The molecular weight excluding hydrogens is 370 g/mol. The molecule has 156 valence electrons. The molecule has 1 aromatic rings. The highest BCUT2D eigenvalue weighted by Crippen LogP contribution is 2.29. The quantitative estimate of drug-likeness (QED) is 0.763. The van der Waals surface area contributed by atoms with E-state index in [2.05, 4.69) is 9.64 Å². The van der Waals surface area contributed by atoms with Gasteiger partial charge in [0.15, 0.2) is 0 Å². The number of alkyl halides is 2. The second-order valence-corrected chi connectivity index (χ2v) is 7.26. The van der Waals surface area contributed by atoms with Gasteiger partial charge in [0.2, 0.25) is 0 Å². The summed E-state index contributed by atoms with van der Waals surface area (Å²) in [7, 11) is 0. The van der Waals surface area contributed by atoms with Crippen LogP contribution in [0.3, 0.4) is 0 Å². The second kappa shape index (κ2) is 10.1. The molecule has 1 N–H and O–H groups in total. The SMILES string of the molecule is O=C(c1ccccc1OC(F)F)N1CCC(N2CCOCC2)C(CCCO)C1. The number of halogens is 2. The fourth-order valence-corrected chi connectivity index (χ4v) is 4.24. The van der Waals surface area contributed by atoms with E-state index in [1.165, 1.54) is 12.1 Å².